The highest BCUT2D eigenvalue weighted by atomic mass is 35.5. The molecule has 3 N–H and O–H groups in total. The van der Waals surface area contributed by atoms with Gasteiger partial charge in [0.05, 0.1) is 0 Å². The fraction of sp³-hybridized carbons (Fsp3) is 0.500. The second-order valence-electron chi connectivity index (χ2n) is 4.05. The molecule has 0 fully saturated rings. The Kier molecular flexibility index (Phi) is 4.58. The van der Waals surface area contributed by atoms with E-state index in [9.17, 15) is 0 Å². The van der Waals surface area contributed by atoms with Crippen LogP contribution in [0.3, 0.4) is 0 Å². The standard InChI is InChI=1S/C12H19ClN2/c1-4-9(3)12(15-14)10-6-5-8(2)7-11(10)13/h5-7,9,12,15H,4,14H2,1-3H3. The molecule has 2 nitrogen and oxygen atoms in total. The number of hydrogen-bond donors (Lipinski definition) is 2. The molecule has 0 aromatic heterocycles. The molecule has 2 unspecified atom stereocenters. The maximum absolute atomic E-state index is 6.21. The summed E-state index contributed by atoms with van der Waals surface area (Å²) in [5.74, 6) is 6.05. The molecule has 3 heteroatoms. The predicted molar refractivity (Wildman–Crippen MR) is 65.7 cm³/mol. The number of hydrogen-bond acceptors (Lipinski definition) is 2. The quantitative estimate of drug-likeness (QED) is 0.611. The Morgan fingerprint density at radius 1 is 1.47 bits per heavy atom. The maximum atomic E-state index is 6.21. The van der Waals surface area contributed by atoms with E-state index in [1.54, 1.807) is 0 Å². The van der Waals surface area contributed by atoms with Crippen molar-refractivity contribution >= 4 is 11.6 Å². The second kappa shape index (κ2) is 5.50. The highest BCUT2D eigenvalue weighted by molar-refractivity contribution is 6.31. The van der Waals surface area contributed by atoms with Crippen LogP contribution in [0.25, 0.3) is 0 Å². The third kappa shape index (κ3) is 2.94. The van der Waals surface area contributed by atoms with Gasteiger partial charge in [-0.05, 0) is 30.0 Å². The molecule has 0 aliphatic rings. The minimum atomic E-state index is 0.128. The first-order valence-corrected chi connectivity index (χ1v) is 5.70. The van der Waals surface area contributed by atoms with Crippen molar-refractivity contribution in [3.8, 4) is 0 Å². The summed E-state index contributed by atoms with van der Waals surface area (Å²) in [6, 6.07) is 6.22. The van der Waals surface area contributed by atoms with Crippen LogP contribution in [0, 0.1) is 12.8 Å². The lowest BCUT2D eigenvalue weighted by molar-refractivity contribution is 0.383. The number of nitrogens with one attached hydrogen (secondary N) is 1. The normalized spacial score (nSPS) is 15.0. The summed E-state index contributed by atoms with van der Waals surface area (Å²) < 4.78 is 0. The molecule has 0 saturated heterocycles. The van der Waals surface area contributed by atoms with Crippen LogP contribution in [0.2, 0.25) is 5.02 Å². The van der Waals surface area contributed by atoms with E-state index in [2.05, 4.69) is 25.3 Å². The molecule has 2 atom stereocenters. The van der Waals surface area contributed by atoms with Crippen molar-refractivity contribution in [2.24, 2.45) is 11.8 Å². The zero-order valence-corrected chi connectivity index (χ0v) is 10.3. The smallest absolute Gasteiger partial charge is 0.0500 e. The molecule has 1 rings (SSSR count). The van der Waals surface area contributed by atoms with E-state index in [4.69, 9.17) is 17.4 Å². The molecule has 1 aromatic carbocycles. The molecule has 0 spiro atoms. The van der Waals surface area contributed by atoms with Crippen LogP contribution in [0.5, 0.6) is 0 Å². The van der Waals surface area contributed by atoms with Crippen molar-refractivity contribution in [3.63, 3.8) is 0 Å². The first-order chi connectivity index (χ1) is 7.10. The highest BCUT2D eigenvalue weighted by Gasteiger charge is 2.18. The van der Waals surface area contributed by atoms with Crippen LogP contribution in [-0.4, -0.2) is 0 Å². The van der Waals surface area contributed by atoms with Gasteiger partial charge in [-0.1, -0.05) is 44.0 Å². The van der Waals surface area contributed by atoms with Crippen molar-refractivity contribution in [2.75, 3.05) is 0 Å². The lowest BCUT2D eigenvalue weighted by Crippen LogP contribution is -2.32. The summed E-state index contributed by atoms with van der Waals surface area (Å²) >= 11 is 6.21. The van der Waals surface area contributed by atoms with Gasteiger partial charge in [0.2, 0.25) is 0 Å². The van der Waals surface area contributed by atoms with Crippen LogP contribution in [0.4, 0.5) is 0 Å². The van der Waals surface area contributed by atoms with Gasteiger partial charge in [-0.2, -0.15) is 0 Å². The van der Waals surface area contributed by atoms with Gasteiger partial charge in [-0.25, -0.2) is 0 Å². The predicted octanol–water partition coefficient (Wildman–Crippen LogP) is 3.20. The van der Waals surface area contributed by atoms with Crippen molar-refractivity contribution < 1.29 is 0 Å². The molecule has 15 heavy (non-hydrogen) atoms. The zero-order valence-electron chi connectivity index (χ0n) is 9.55. The summed E-state index contributed by atoms with van der Waals surface area (Å²) in [7, 11) is 0. The number of hydrazine groups is 1. The average molecular weight is 227 g/mol. The van der Waals surface area contributed by atoms with E-state index in [-0.39, 0.29) is 6.04 Å². The summed E-state index contributed by atoms with van der Waals surface area (Å²) in [5, 5.41) is 0.790. The summed E-state index contributed by atoms with van der Waals surface area (Å²) in [6.45, 7) is 6.35. The minimum absolute atomic E-state index is 0.128. The molecular formula is C12H19ClN2. The molecule has 0 heterocycles. The summed E-state index contributed by atoms with van der Waals surface area (Å²) in [6.07, 6.45) is 1.07. The molecule has 0 amide bonds. The first-order valence-electron chi connectivity index (χ1n) is 5.32. The third-order valence-electron chi connectivity index (χ3n) is 2.88. The Balaban J connectivity index is 3.01. The van der Waals surface area contributed by atoms with E-state index >= 15 is 0 Å². The number of aryl methyl sites for hydroxylation is 1. The second-order valence-corrected chi connectivity index (χ2v) is 4.46. The molecule has 0 saturated carbocycles. The van der Waals surface area contributed by atoms with Gasteiger partial charge >= 0.3 is 0 Å². The zero-order chi connectivity index (χ0) is 11.4. The van der Waals surface area contributed by atoms with Crippen molar-refractivity contribution in [2.45, 2.75) is 33.2 Å². The summed E-state index contributed by atoms with van der Waals surface area (Å²) in [4.78, 5) is 0. The summed E-state index contributed by atoms with van der Waals surface area (Å²) in [5.41, 5.74) is 5.10. The van der Waals surface area contributed by atoms with Gasteiger partial charge in [0.25, 0.3) is 0 Å². The van der Waals surface area contributed by atoms with E-state index in [1.807, 2.05) is 19.1 Å². The van der Waals surface area contributed by atoms with Crippen molar-refractivity contribution in [3.05, 3.63) is 34.3 Å². The fourth-order valence-electron chi connectivity index (χ4n) is 1.68. The Labute approximate surface area is 96.8 Å². The van der Waals surface area contributed by atoms with Crippen molar-refractivity contribution in [1.29, 1.82) is 0 Å². The molecule has 84 valence electrons. The van der Waals surface area contributed by atoms with Crippen LogP contribution >= 0.6 is 11.6 Å². The van der Waals surface area contributed by atoms with E-state index in [1.165, 1.54) is 5.56 Å². The molecule has 0 aliphatic heterocycles. The fourth-order valence-corrected chi connectivity index (χ4v) is 2.03. The number of rotatable bonds is 4. The van der Waals surface area contributed by atoms with Gasteiger partial charge in [0.15, 0.2) is 0 Å². The van der Waals surface area contributed by atoms with Gasteiger partial charge in [-0.3, -0.25) is 11.3 Å². The van der Waals surface area contributed by atoms with Crippen molar-refractivity contribution in [1.82, 2.24) is 5.43 Å². The van der Waals surface area contributed by atoms with Gasteiger partial charge < -0.3 is 0 Å². The monoisotopic (exact) mass is 226 g/mol. The Bertz CT molecular complexity index is 325. The molecular weight excluding hydrogens is 208 g/mol. The SMILES string of the molecule is CCC(C)C(NN)c1ccc(C)cc1Cl. The maximum Gasteiger partial charge on any atom is 0.0500 e. The Hall–Kier alpha value is -0.570. The number of halogens is 1. The molecule has 0 aliphatic carbocycles. The molecule has 0 radical (unpaired) electrons. The van der Waals surface area contributed by atoms with E-state index in [0.29, 0.717) is 5.92 Å². The van der Waals surface area contributed by atoms with Crippen LogP contribution in [-0.2, 0) is 0 Å². The van der Waals surface area contributed by atoms with Gasteiger partial charge in [0, 0.05) is 11.1 Å². The third-order valence-corrected chi connectivity index (χ3v) is 3.21. The average Bonchev–Trinajstić information content (AvgIpc) is 2.21. The lowest BCUT2D eigenvalue weighted by Gasteiger charge is -2.23. The van der Waals surface area contributed by atoms with E-state index in [0.717, 1.165) is 17.0 Å². The first kappa shape index (κ1) is 12.5. The minimum Gasteiger partial charge on any atom is -0.271 e. The van der Waals surface area contributed by atoms with Crippen LogP contribution in [0.15, 0.2) is 18.2 Å². The highest BCUT2D eigenvalue weighted by Crippen LogP contribution is 2.29. The van der Waals surface area contributed by atoms with Gasteiger partial charge in [-0.15, -0.1) is 0 Å². The lowest BCUT2D eigenvalue weighted by atomic mass is 9.92. The van der Waals surface area contributed by atoms with Crippen LogP contribution < -0.4 is 11.3 Å². The van der Waals surface area contributed by atoms with E-state index < -0.39 is 0 Å². The largest absolute Gasteiger partial charge is 0.271 e. The topological polar surface area (TPSA) is 38.0 Å². The molecule has 1 aromatic rings. The van der Waals surface area contributed by atoms with Gasteiger partial charge in [0.1, 0.15) is 0 Å². The number of benzene rings is 1. The number of nitrogens with two attached hydrogens (primary N) is 1. The Morgan fingerprint density at radius 3 is 2.60 bits per heavy atom. The Morgan fingerprint density at radius 2 is 2.13 bits per heavy atom. The van der Waals surface area contributed by atoms with Crippen LogP contribution in [0.1, 0.15) is 37.4 Å². The molecule has 0 bridgehead atoms.